The summed E-state index contributed by atoms with van der Waals surface area (Å²) < 4.78 is 19.9. The van der Waals surface area contributed by atoms with E-state index < -0.39 is 11.8 Å². The molecule has 1 aliphatic rings. The summed E-state index contributed by atoms with van der Waals surface area (Å²) in [6, 6.07) is 6.98. The molecule has 1 aromatic heterocycles. The molecular formula is C18H22FN5O3. The molecule has 1 fully saturated rings. The average molecular weight is 375 g/mol. The van der Waals surface area contributed by atoms with Crippen LogP contribution in [-0.2, 0) is 9.53 Å². The smallest absolute Gasteiger partial charge is 0.324 e. The number of benzene rings is 1. The summed E-state index contributed by atoms with van der Waals surface area (Å²) in [6.45, 7) is 1.31. The van der Waals surface area contributed by atoms with Gasteiger partial charge in [-0.05, 0) is 31.0 Å². The van der Waals surface area contributed by atoms with Gasteiger partial charge in [0, 0.05) is 32.0 Å². The number of nitrogens with one attached hydrogen (secondary N) is 2. The molecule has 27 heavy (non-hydrogen) atoms. The van der Waals surface area contributed by atoms with E-state index in [-0.39, 0.29) is 18.6 Å². The Kier molecular flexibility index (Phi) is 6.02. The Hall–Kier alpha value is -2.94. The molecule has 2 N–H and O–H groups in total. The first kappa shape index (κ1) is 18.8. The predicted octanol–water partition coefficient (Wildman–Crippen LogP) is 2.48. The number of aromatic nitrogens is 2. The van der Waals surface area contributed by atoms with Crippen LogP contribution in [-0.4, -0.2) is 53.4 Å². The maximum Gasteiger partial charge on any atom is 0.324 e. The van der Waals surface area contributed by atoms with Gasteiger partial charge < -0.3 is 15.0 Å². The molecule has 0 aliphatic carbocycles. The Morgan fingerprint density at radius 2 is 2.04 bits per heavy atom. The number of piperidine rings is 1. The third-order valence-corrected chi connectivity index (χ3v) is 4.43. The van der Waals surface area contributed by atoms with E-state index in [0.29, 0.717) is 24.6 Å². The molecule has 9 heteroatoms. The van der Waals surface area contributed by atoms with Crippen LogP contribution in [0.25, 0.3) is 0 Å². The summed E-state index contributed by atoms with van der Waals surface area (Å²) in [6.07, 6.45) is 3.08. The highest BCUT2D eigenvalue weighted by Crippen LogP contribution is 2.25. The molecule has 1 aliphatic heterocycles. The lowest BCUT2D eigenvalue weighted by molar-refractivity contribution is -0.136. The number of hydrogen-bond donors (Lipinski definition) is 2. The van der Waals surface area contributed by atoms with E-state index in [1.165, 1.54) is 25.3 Å². The van der Waals surface area contributed by atoms with E-state index in [1.54, 1.807) is 27.9 Å². The first-order valence-corrected chi connectivity index (χ1v) is 8.70. The van der Waals surface area contributed by atoms with E-state index >= 15 is 0 Å². The third-order valence-electron chi connectivity index (χ3n) is 4.43. The summed E-state index contributed by atoms with van der Waals surface area (Å²) in [4.78, 5) is 25.8. The zero-order valence-electron chi connectivity index (χ0n) is 15.0. The topological polar surface area (TPSA) is 88.5 Å². The summed E-state index contributed by atoms with van der Waals surface area (Å²) in [7, 11) is 1.50. The van der Waals surface area contributed by atoms with Crippen molar-refractivity contribution in [3.8, 4) is 0 Å². The molecule has 2 aromatic rings. The van der Waals surface area contributed by atoms with E-state index in [0.717, 1.165) is 12.8 Å². The summed E-state index contributed by atoms with van der Waals surface area (Å²) >= 11 is 0. The number of methoxy groups -OCH3 is 1. The number of amides is 3. The first-order chi connectivity index (χ1) is 13.1. The number of carbonyl (C=O) groups excluding carboxylic acids is 2. The Bertz CT molecular complexity index is 802. The lowest BCUT2D eigenvalue weighted by atomic mass is 10.1. The molecule has 2 heterocycles. The number of likely N-dealkylation sites (tertiary alicyclic amines) is 1. The monoisotopic (exact) mass is 375 g/mol. The van der Waals surface area contributed by atoms with Crippen molar-refractivity contribution in [1.29, 1.82) is 0 Å². The van der Waals surface area contributed by atoms with Crippen LogP contribution in [0.4, 0.5) is 20.7 Å². The van der Waals surface area contributed by atoms with Crippen molar-refractivity contribution in [2.45, 2.75) is 18.9 Å². The Balaban J connectivity index is 1.58. The van der Waals surface area contributed by atoms with Gasteiger partial charge in [0.25, 0.3) is 0 Å². The summed E-state index contributed by atoms with van der Waals surface area (Å²) in [5.74, 6) is 0.0995. The van der Waals surface area contributed by atoms with Gasteiger partial charge in [0.15, 0.2) is 0 Å². The first-order valence-electron chi connectivity index (χ1n) is 8.70. The van der Waals surface area contributed by atoms with Gasteiger partial charge in [-0.15, -0.1) is 0 Å². The van der Waals surface area contributed by atoms with Gasteiger partial charge >= 0.3 is 6.03 Å². The average Bonchev–Trinajstić information content (AvgIpc) is 3.10. The van der Waals surface area contributed by atoms with E-state index in [9.17, 15) is 14.0 Å². The number of carbonyl (C=O) groups is 2. The maximum absolute atomic E-state index is 13.2. The van der Waals surface area contributed by atoms with E-state index in [4.69, 9.17) is 4.74 Å². The Labute approximate surface area is 156 Å². The lowest BCUT2D eigenvalue weighted by Gasteiger charge is -2.32. The second kappa shape index (κ2) is 8.63. The van der Waals surface area contributed by atoms with Gasteiger partial charge in [0.1, 0.15) is 18.2 Å². The van der Waals surface area contributed by atoms with Gasteiger partial charge in [-0.25, -0.2) is 13.9 Å². The lowest BCUT2D eigenvalue weighted by Crippen LogP contribution is -2.41. The molecule has 8 nitrogen and oxygen atoms in total. The molecule has 1 aromatic carbocycles. The van der Waals surface area contributed by atoms with Crippen LogP contribution in [0.3, 0.4) is 0 Å². The molecular weight excluding hydrogens is 353 g/mol. The Morgan fingerprint density at radius 1 is 1.26 bits per heavy atom. The number of urea groups is 1. The molecule has 0 bridgehead atoms. The highest BCUT2D eigenvalue weighted by atomic mass is 19.1. The zero-order chi connectivity index (χ0) is 19.2. The zero-order valence-corrected chi connectivity index (χ0v) is 15.0. The largest absolute Gasteiger partial charge is 0.375 e. The fraction of sp³-hybridized carbons (Fsp3) is 0.389. The van der Waals surface area contributed by atoms with Crippen molar-refractivity contribution in [1.82, 2.24) is 14.7 Å². The fourth-order valence-corrected chi connectivity index (χ4v) is 3.12. The Morgan fingerprint density at radius 3 is 2.74 bits per heavy atom. The van der Waals surface area contributed by atoms with Crippen molar-refractivity contribution in [3.63, 3.8) is 0 Å². The molecule has 144 valence electrons. The molecule has 0 unspecified atom stereocenters. The van der Waals surface area contributed by atoms with Crippen molar-refractivity contribution < 1.29 is 18.7 Å². The minimum atomic E-state index is -0.477. The third kappa shape index (κ3) is 4.82. The summed E-state index contributed by atoms with van der Waals surface area (Å²) in [5, 5.41) is 9.63. The van der Waals surface area contributed by atoms with Crippen LogP contribution in [0.2, 0.25) is 0 Å². The predicted molar refractivity (Wildman–Crippen MR) is 98.0 cm³/mol. The number of ether oxygens (including phenoxy) is 1. The van der Waals surface area contributed by atoms with Crippen molar-refractivity contribution in [3.05, 3.63) is 42.3 Å². The summed E-state index contributed by atoms with van der Waals surface area (Å²) in [5.41, 5.74) is 0.364. The molecule has 0 saturated carbocycles. The van der Waals surface area contributed by atoms with Crippen LogP contribution in [0.1, 0.15) is 18.9 Å². The van der Waals surface area contributed by atoms with Gasteiger partial charge in [0.2, 0.25) is 5.91 Å². The molecule has 0 spiro atoms. The number of hydrogen-bond acceptors (Lipinski definition) is 4. The van der Waals surface area contributed by atoms with Crippen LogP contribution < -0.4 is 10.6 Å². The van der Waals surface area contributed by atoms with Crippen LogP contribution >= 0.6 is 0 Å². The van der Waals surface area contributed by atoms with Crippen LogP contribution in [0, 0.1) is 5.82 Å². The second-order valence-electron chi connectivity index (χ2n) is 6.30. The molecule has 1 saturated heterocycles. The van der Waals surface area contributed by atoms with Crippen molar-refractivity contribution >= 4 is 23.4 Å². The number of rotatable bonds is 5. The SMILES string of the molecule is COCC(=O)N1CCC(n2nccc2NC(=O)Nc2cccc(F)c2)CC1. The normalized spacial score (nSPS) is 14.8. The van der Waals surface area contributed by atoms with Crippen LogP contribution in [0.15, 0.2) is 36.5 Å². The van der Waals surface area contributed by atoms with E-state index in [2.05, 4.69) is 15.7 Å². The molecule has 0 radical (unpaired) electrons. The standard InChI is InChI=1S/C18H22FN5O3/c1-27-12-17(25)23-9-6-15(7-10-23)24-16(5-8-20-24)22-18(26)21-14-4-2-3-13(19)11-14/h2-5,8,11,15H,6-7,9-10,12H2,1H3,(H2,21,22,26). The number of nitrogens with zero attached hydrogens (tertiary/aromatic N) is 3. The van der Waals surface area contributed by atoms with Gasteiger partial charge in [-0.1, -0.05) is 6.07 Å². The quantitative estimate of drug-likeness (QED) is 0.840. The molecule has 3 amide bonds. The van der Waals surface area contributed by atoms with Crippen LogP contribution in [0.5, 0.6) is 0 Å². The highest BCUT2D eigenvalue weighted by molar-refractivity contribution is 5.99. The minimum Gasteiger partial charge on any atom is -0.375 e. The van der Waals surface area contributed by atoms with E-state index in [1.807, 2.05) is 0 Å². The molecule has 3 rings (SSSR count). The number of anilines is 2. The molecule has 0 atom stereocenters. The highest BCUT2D eigenvalue weighted by Gasteiger charge is 2.25. The van der Waals surface area contributed by atoms with Crippen molar-refractivity contribution in [2.75, 3.05) is 37.4 Å². The van der Waals surface area contributed by atoms with Gasteiger partial charge in [-0.3, -0.25) is 10.1 Å². The fourth-order valence-electron chi connectivity index (χ4n) is 3.12. The maximum atomic E-state index is 13.2. The number of halogens is 1. The second-order valence-corrected chi connectivity index (χ2v) is 6.30. The minimum absolute atomic E-state index is 0.0239. The van der Waals surface area contributed by atoms with Gasteiger partial charge in [0.05, 0.1) is 12.2 Å². The van der Waals surface area contributed by atoms with Crippen molar-refractivity contribution in [2.24, 2.45) is 0 Å². The van der Waals surface area contributed by atoms with Gasteiger partial charge in [-0.2, -0.15) is 5.10 Å².